The summed E-state index contributed by atoms with van der Waals surface area (Å²) in [7, 11) is 1.56. The highest BCUT2D eigenvalue weighted by Gasteiger charge is 2.28. The van der Waals surface area contributed by atoms with Crippen LogP contribution < -0.4 is 10.4 Å². The Hall–Kier alpha value is -1.69. The van der Waals surface area contributed by atoms with Gasteiger partial charge in [0, 0.05) is 16.8 Å². The molecule has 2 aromatic carbocycles. The second-order valence-corrected chi connectivity index (χ2v) is 5.03. The Bertz CT molecular complexity index is 591. The van der Waals surface area contributed by atoms with E-state index in [0.29, 0.717) is 0 Å². The lowest BCUT2D eigenvalue weighted by Crippen LogP contribution is -2.32. The maximum absolute atomic E-state index is 12.2. The van der Waals surface area contributed by atoms with E-state index in [1.54, 1.807) is 23.7 Å². The van der Waals surface area contributed by atoms with E-state index in [0.717, 1.165) is 21.2 Å². The van der Waals surface area contributed by atoms with Crippen molar-refractivity contribution in [1.82, 2.24) is 5.48 Å². The van der Waals surface area contributed by atoms with Crippen molar-refractivity contribution in [3.63, 3.8) is 0 Å². The van der Waals surface area contributed by atoms with Crippen molar-refractivity contribution in [3.05, 3.63) is 48.5 Å². The molecule has 20 heavy (non-hydrogen) atoms. The predicted molar refractivity (Wildman–Crippen MR) is 81.9 cm³/mol. The summed E-state index contributed by atoms with van der Waals surface area (Å²) in [6.07, 6.45) is -0.442. The Morgan fingerprint density at radius 3 is 2.05 bits per heavy atom. The van der Waals surface area contributed by atoms with Gasteiger partial charge >= 0.3 is 6.09 Å². The van der Waals surface area contributed by atoms with Crippen LogP contribution in [-0.4, -0.2) is 13.1 Å². The van der Waals surface area contributed by atoms with Crippen molar-refractivity contribution in [1.29, 1.82) is 0 Å². The molecular weight excluding hydrogens is 296 g/mol. The van der Waals surface area contributed by atoms with Gasteiger partial charge in [0.1, 0.15) is 0 Å². The lowest BCUT2D eigenvalue weighted by Gasteiger charge is -2.29. The zero-order valence-corrected chi connectivity index (χ0v) is 12.3. The fraction of sp³-hybridized carbons (Fsp3) is 0.0714. The smallest absolute Gasteiger partial charge is 0.353 e. The summed E-state index contributed by atoms with van der Waals surface area (Å²) >= 11 is 1.65. The van der Waals surface area contributed by atoms with Crippen molar-refractivity contribution in [2.75, 3.05) is 11.9 Å². The molecule has 2 aromatic rings. The molecule has 0 aliphatic carbocycles. The van der Waals surface area contributed by atoms with Crippen molar-refractivity contribution >= 4 is 41.6 Å². The summed E-state index contributed by atoms with van der Waals surface area (Å²) in [4.78, 5) is 20.7. The second-order valence-electron chi connectivity index (χ2n) is 3.95. The molecule has 0 unspecified atom stereocenters. The van der Waals surface area contributed by atoms with Crippen LogP contribution in [0.25, 0.3) is 0 Å². The molecule has 1 aliphatic heterocycles. The molecule has 0 fully saturated rings. The van der Waals surface area contributed by atoms with Crippen LogP contribution in [0.5, 0.6) is 0 Å². The minimum absolute atomic E-state index is 0. The van der Waals surface area contributed by atoms with Crippen molar-refractivity contribution in [2.45, 2.75) is 9.79 Å². The molecule has 0 spiro atoms. The molecule has 0 atom stereocenters. The Labute approximate surface area is 127 Å². The summed E-state index contributed by atoms with van der Waals surface area (Å²) in [5.41, 5.74) is 4.11. The normalized spacial score (nSPS) is 11.9. The van der Waals surface area contributed by atoms with Gasteiger partial charge in [-0.25, -0.2) is 9.69 Å². The van der Waals surface area contributed by atoms with Crippen LogP contribution in [0.15, 0.2) is 58.3 Å². The van der Waals surface area contributed by atoms with E-state index in [-0.39, 0.29) is 12.4 Å². The zero-order chi connectivity index (χ0) is 13.2. The summed E-state index contributed by atoms with van der Waals surface area (Å²) < 4.78 is 0. The average Bonchev–Trinajstić information content (AvgIpc) is 2.44. The number of hydroxylamine groups is 1. The molecule has 1 heterocycles. The van der Waals surface area contributed by atoms with Crippen LogP contribution in [0.3, 0.4) is 0 Å². The molecule has 6 heteroatoms. The van der Waals surface area contributed by atoms with Gasteiger partial charge in [-0.15, -0.1) is 12.4 Å². The van der Waals surface area contributed by atoms with Gasteiger partial charge in [-0.05, 0) is 24.3 Å². The molecule has 0 saturated heterocycles. The topological polar surface area (TPSA) is 41.6 Å². The Kier molecular flexibility index (Phi) is 4.54. The molecule has 0 saturated carbocycles. The lowest BCUT2D eigenvalue weighted by molar-refractivity contribution is 0.112. The number of carbonyl (C=O) groups excluding carboxylic acids is 1. The van der Waals surface area contributed by atoms with E-state index in [1.807, 2.05) is 48.5 Å². The van der Waals surface area contributed by atoms with Gasteiger partial charge in [-0.2, -0.15) is 5.48 Å². The summed E-state index contributed by atoms with van der Waals surface area (Å²) in [5, 5.41) is 0. The number of nitrogens with zero attached hydrogens (tertiary/aromatic N) is 1. The van der Waals surface area contributed by atoms with Crippen LogP contribution in [0.2, 0.25) is 0 Å². The van der Waals surface area contributed by atoms with Crippen molar-refractivity contribution in [3.8, 4) is 0 Å². The van der Waals surface area contributed by atoms with Crippen LogP contribution in [0.1, 0.15) is 0 Å². The minimum atomic E-state index is -0.442. The summed E-state index contributed by atoms with van der Waals surface area (Å²) in [5.74, 6) is 0. The quantitative estimate of drug-likeness (QED) is 0.809. The number of anilines is 2. The largest absolute Gasteiger partial charge is 0.437 e. The van der Waals surface area contributed by atoms with E-state index in [4.69, 9.17) is 4.84 Å². The van der Waals surface area contributed by atoms with E-state index >= 15 is 0 Å². The minimum Gasteiger partial charge on any atom is -0.353 e. The van der Waals surface area contributed by atoms with E-state index in [2.05, 4.69) is 5.48 Å². The number of carbonyl (C=O) groups is 1. The number of hydrogen-bond acceptors (Lipinski definition) is 4. The fourth-order valence-corrected chi connectivity index (χ4v) is 3.09. The molecule has 104 valence electrons. The molecular formula is C14H13ClN2O2S. The van der Waals surface area contributed by atoms with Gasteiger partial charge in [0.05, 0.1) is 11.4 Å². The first kappa shape index (κ1) is 14.7. The van der Waals surface area contributed by atoms with E-state index < -0.39 is 6.09 Å². The molecule has 0 radical (unpaired) electrons. The third-order valence-electron chi connectivity index (χ3n) is 2.80. The first-order valence-electron chi connectivity index (χ1n) is 5.85. The molecule has 0 bridgehead atoms. The predicted octanol–water partition coefficient (Wildman–Crippen LogP) is 3.98. The number of fused-ring (bicyclic) bond motifs is 2. The van der Waals surface area contributed by atoms with Crippen molar-refractivity contribution in [2.24, 2.45) is 0 Å². The fourth-order valence-electron chi connectivity index (χ4n) is 2.03. The van der Waals surface area contributed by atoms with Gasteiger partial charge in [0.2, 0.25) is 0 Å². The van der Waals surface area contributed by atoms with Crippen LogP contribution in [0.4, 0.5) is 16.2 Å². The van der Waals surface area contributed by atoms with Gasteiger partial charge in [-0.3, -0.25) is 0 Å². The highest BCUT2D eigenvalue weighted by Crippen LogP contribution is 2.47. The van der Waals surface area contributed by atoms with Crippen LogP contribution in [0, 0.1) is 0 Å². The zero-order valence-electron chi connectivity index (χ0n) is 10.7. The molecule has 1 N–H and O–H groups in total. The average molecular weight is 309 g/mol. The highest BCUT2D eigenvalue weighted by atomic mass is 35.5. The van der Waals surface area contributed by atoms with Crippen molar-refractivity contribution < 1.29 is 9.63 Å². The molecule has 0 aromatic heterocycles. The molecule has 4 nitrogen and oxygen atoms in total. The maximum atomic E-state index is 12.2. The number of nitrogens with one attached hydrogen (secondary N) is 1. The number of halogens is 1. The molecule has 1 aliphatic rings. The molecule has 1 amide bonds. The lowest BCUT2D eigenvalue weighted by atomic mass is 10.2. The number of hydrogen-bond donors (Lipinski definition) is 1. The summed E-state index contributed by atoms with van der Waals surface area (Å²) in [6.45, 7) is 0. The monoisotopic (exact) mass is 308 g/mol. The molecule has 3 rings (SSSR count). The van der Waals surface area contributed by atoms with Gasteiger partial charge < -0.3 is 4.84 Å². The summed E-state index contributed by atoms with van der Waals surface area (Å²) in [6, 6.07) is 15.6. The first-order valence-corrected chi connectivity index (χ1v) is 6.66. The number of para-hydroxylation sites is 2. The third kappa shape index (κ3) is 2.47. The second kappa shape index (κ2) is 6.17. The van der Waals surface area contributed by atoms with E-state index in [1.165, 1.54) is 0 Å². The van der Waals surface area contributed by atoms with E-state index in [9.17, 15) is 4.79 Å². The third-order valence-corrected chi connectivity index (χ3v) is 3.93. The highest BCUT2D eigenvalue weighted by molar-refractivity contribution is 7.99. The first-order chi connectivity index (χ1) is 9.31. The Morgan fingerprint density at radius 1 is 1.05 bits per heavy atom. The Balaban J connectivity index is 0.00000147. The standard InChI is InChI=1S/C14H12N2O2S.ClH/c1-15-18-14(17)16-10-6-2-4-8-12(10)19-13-9-5-3-7-11(13)16;/h2-9,15H,1H3;1H. The van der Waals surface area contributed by atoms with Gasteiger partial charge in [0.15, 0.2) is 0 Å². The number of rotatable bonds is 1. The van der Waals surface area contributed by atoms with Gasteiger partial charge in [0.25, 0.3) is 0 Å². The van der Waals surface area contributed by atoms with Crippen LogP contribution in [-0.2, 0) is 4.84 Å². The van der Waals surface area contributed by atoms with Gasteiger partial charge in [-0.1, -0.05) is 36.0 Å². The Morgan fingerprint density at radius 2 is 1.55 bits per heavy atom. The van der Waals surface area contributed by atoms with Crippen LogP contribution >= 0.6 is 24.2 Å². The SMILES string of the molecule is CNOC(=O)N1c2ccccc2Sc2ccccc21.Cl. The maximum Gasteiger partial charge on any atom is 0.437 e. The number of amides is 1. The number of benzene rings is 2.